The van der Waals surface area contributed by atoms with Gasteiger partial charge in [-0.1, -0.05) is 6.92 Å². The predicted molar refractivity (Wildman–Crippen MR) is 80.0 cm³/mol. The van der Waals surface area contributed by atoms with Crippen LogP contribution in [0.15, 0.2) is 0 Å². The van der Waals surface area contributed by atoms with E-state index in [2.05, 4.69) is 0 Å². The molecule has 0 unspecified atom stereocenters. The van der Waals surface area contributed by atoms with E-state index in [4.69, 9.17) is 19.6 Å². The molecule has 0 spiro atoms. The van der Waals surface area contributed by atoms with Gasteiger partial charge in [-0.15, -0.1) is 0 Å². The zero-order valence-corrected chi connectivity index (χ0v) is 13.8. The van der Waals surface area contributed by atoms with Crippen LogP contribution in [0, 0.1) is 17.3 Å². The Hall–Kier alpha value is -1.14. The number of rotatable bonds is 9. The summed E-state index contributed by atoms with van der Waals surface area (Å²) in [5.41, 5.74) is -0.469. The Balaban J connectivity index is 2.03. The monoisotopic (exact) mass is 316 g/mol. The Morgan fingerprint density at radius 1 is 1.09 bits per heavy atom. The minimum absolute atomic E-state index is 0.175. The van der Waals surface area contributed by atoms with E-state index in [0.717, 1.165) is 19.3 Å². The second-order valence-electron chi connectivity index (χ2n) is 6.54. The molecule has 0 bridgehead atoms. The summed E-state index contributed by atoms with van der Waals surface area (Å²) in [4.78, 5) is 32.7. The Kier molecular flexibility index (Phi) is 7.82. The van der Waals surface area contributed by atoms with Crippen LogP contribution in [0.4, 0.5) is 0 Å². The number of esters is 1. The van der Waals surface area contributed by atoms with Crippen LogP contribution < -0.4 is 0 Å². The summed E-state index contributed by atoms with van der Waals surface area (Å²) >= 11 is 0. The van der Waals surface area contributed by atoms with Crippen molar-refractivity contribution in [1.82, 2.24) is 0 Å². The molecule has 1 N–H and O–H groups in total. The number of carboxylic acid groups (broad SMARTS) is 1. The first-order valence-electron chi connectivity index (χ1n) is 8.01. The van der Waals surface area contributed by atoms with Gasteiger partial charge in [0.1, 0.15) is 13.2 Å². The van der Waals surface area contributed by atoms with Crippen molar-refractivity contribution < 1.29 is 29.2 Å². The molecule has 1 saturated carbocycles. The lowest BCUT2D eigenvalue weighted by Gasteiger charge is -2.25. The third-order valence-corrected chi connectivity index (χ3v) is 4.42. The van der Waals surface area contributed by atoms with Crippen molar-refractivity contribution in [3.63, 3.8) is 0 Å². The Labute approximate surface area is 132 Å². The van der Waals surface area contributed by atoms with Crippen molar-refractivity contribution in [3.05, 3.63) is 0 Å². The van der Waals surface area contributed by atoms with Crippen molar-refractivity contribution in [1.29, 1.82) is 0 Å². The van der Waals surface area contributed by atoms with Gasteiger partial charge < -0.3 is 9.84 Å². The van der Waals surface area contributed by atoms with E-state index >= 15 is 0 Å². The lowest BCUT2D eigenvalue weighted by Crippen LogP contribution is -2.27. The minimum Gasteiger partial charge on any atom is -0.481 e. The third-order valence-electron chi connectivity index (χ3n) is 4.42. The van der Waals surface area contributed by atoms with Gasteiger partial charge in [-0.3, -0.25) is 9.59 Å². The SMILES string of the molecule is CCC(C)(C)C(=O)OCCOOCC1CCC(C(=O)O)CC1. The fourth-order valence-electron chi connectivity index (χ4n) is 2.29. The van der Waals surface area contributed by atoms with Gasteiger partial charge in [0.15, 0.2) is 0 Å². The highest BCUT2D eigenvalue weighted by Gasteiger charge is 2.27. The normalized spacial score (nSPS) is 22.3. The van der Waals surface area contributed by atoms with Gasteiger partial charge in [0.05, 0.1) is 17.9 Å². The number of aliphatic carboxylic acids is 1. The molecule has 0 heterocycles. The first-order chi connectivity index (χ1) is 10.4. The van der Waals surface area contributed by atoms with E-state index in [1.807, 2.05) is 20.8 Å². The van der Waals surface area contributed by atoms with Crippen molar-refractivity contribution in [2.45, 2.75) is 52.9 Å². The van der Waals surface area contributed by atoms with Crippen LogP contribution in [0.2, 0.25) is 0 Å². The van der Waals surface area contributed by atoms with Gasteiger partial charge in [-0.2, -0.15) is 0 Å². The molecule has 22 heavy (non-hydrogen) atoms. The van der Waals surface area contributed by atoms with E-state index in [0.29, 0.717) is 25.4 Å². The molecule has 1 fully saturated rings. The van der Waals surface area contributed by atoms with Gasteiger partial charge in [0.2, 0.25) is 0 Å². The lowest BCUT2D eigenvalue weighted by molar-refractivity contribution is -0.306. The summed E-state index contributed by atoms with van der Waals surface area (Å²) in [5.74, 6) is -0.797. The maximum Gasteiger partial charge on any atom is 0.311 e. The van der Waals surface area contributed by atoms with Crippen molar-refractivity contribution in [3.8, 4) is 0 Å². The quantitative estimate of drug-likeness (QED) is 0.305. The fourth-order valence-corrected chi connectivity index (χ4v) is 2.29. The molecule has 0 aromatic rings. The maximum atomic E-state index is 11.7. The zero-order valence-electron chi connectivity index (χ0n) is 13.8. The molecule has 0 aliphatic heterocycles. The molecular weight excluding hydrogens is 288 g/mol. The molecule has 6 nitrogen and oxygen atoms in total. The number of hydrogen-bond donors (Lipinski definition) is 1. The molecule has 0 amide bonds. The highest BCUT2D eigenvalue weighted by molar-refractivity contribution is 5.75. The maximum absolute atomic E-state index is 11.7. The first-order valence-corrected chi connectivity index (χ1v) is 8.01. The Bertz CT molecular complexity index is 358. The van der Waals surface area contributed by atoms with E-state index in [1.165, 1.54) is 0 Å². The van der Waals surface area contributed by atoms with Gasteiger partial charge >= 0.3 is 11.9 Å². The second-order valence-corrected chi connectivity index (χ2v) is 6.54. The summed E-state index contributed by atoms with van der Waals surface area (Å²) < 4.78 is 5.12. The molecule has 1 aliphatic rings. The molecule has 0 aromatic heterocycles. The molecule has 1 aliphatic carbocycles. The molecule has 1 rings (SSSR count). The molecule has 0 radical (unpaired) electrons. The molecule has 6 heteroatoms. The summed E-state index contributed by atoms with van der Waals surface area (Å²) in [5, 5.41) is 8.92. The van der Waals surface area contributed by atoms with Gasteiger partial charge in [0, 0.05) is 0 Å². The predicted octanol–water partition coefficient (Wildman–Crippen LogP) is 2.81. The second kappa shape index (κ2) is 9.10. The molecule has 0 atom stereocenters. The summed E-state index contributed by atoms with van der Waals surface area (Å²) in [6, 6.07) is 0. The van der Waals surface area contributed by atoms with Gasteiger partial charge in [-0.25, -0.2) is 9.78 Å². The number of carbonyl (C=O) groups excluding carboxylic acids is 1. The van der Waals surface area contributed by atoms with Crippen LogP contribution in [0.3, 0.4) is 0 Å². The van der Waals surface area contributed by atoms with Crippen LogP contribution in [0.1, 0.15) is 52.9 Å². The smallest absolute Gasteiger partial charge is 0.311 e. The van der Waals surface area contributed by atoms with Crippen LogP contribution in [0.5, 0.6) is 0 Å². The highest BCUT2D eigenvalue weighted by Crippen LogP contribution is 2.29. The largest absolute Gasteiger partial charge is 0.481 e. The van der Waals surface area contributed by atoms with Gasteiger partial charge in [-0.05, 0) is 51.9 Å². The van der Waals surface area contributed by atoms with E-state index in [9.17, 15) is 9.59 Å². The average molecular weight is 316 g/mol. The first kappa shape index (κ1) is 18.9. The summed E-state index contributed by atoms with van der Waals surface area (Å²) in [6.07, 6.45) is 3.82. The van der Waals surface area contributed by atoms with E-state index in [-0.39, 0.29) is 25.1 Å². The number of carbonyl (C=O) groups is 2. The molecule has 0 saturated heterocycles. The topological polar surface area (TPSA) is 82.1 Å². The summed E-state index contributed by atoms with van der Waals surface area (Å²) in [7, 11) is 0. The minimum atomic E-state index is -0.701. The summed E-state index contributed by atoms with van der Waals surface area (Å²) in [6.45, 7) is 6.48. The van der Waals surface area contributed by atoms with Crippen molar-refractivity contribution in [2.24, 2.45) is 17.3 Å². The molecule has 128 valence electrons. The molecular formula is C16H28O6. The standard InChI is InChI=1S/C16H28O6/c1-4-16(2,3)15(19)20-9-10-21-22-11-12-5-7-13(8-6-12)14(17)18/h12-13H,4-11H2,1-3H3,(H,17,18). The lowest BCUT2D eigenvalue weighted by atomic mass is 9.82. The van der Waals surface area contributed by atoms with Gasteiger partial charge in [0.25, 0.3) is 0 Å². The average Bonchev–Trinajstić information content (AvgIpc) is 2.50. The van der Waals surface area contributed by atoms with E-state index in [1.54, 1.807) is 0 Å². The van der Waals surface area contributed by atoms with Crippen LogP contribution in [0.25, 0.3) is 0 Å². The van der Waals surface area contributed by atoms with E-state index < -0.39 is 11.4 Å². The Morgan fingerprint density at radius 2 is 1.73 bits per heavy atom. The highest BCUT2D eigenvalue weighted by atomic mass is 17.2. The van der Waals surface area contributed by atoms with Crippen LogP contribution in [-0.4, -0.2) is 36.9 Å². The third kappa shape index (κ3) is 6.32. The van der Waals surface area contributed by atoms with Crippen LogP contribution >= 0.6 is 0 Å². The Morgan fingerprint density at radius 3 is 2.27 bits per heavy atom. The van der Waals surface area contributed by atoms with Crippen molar-refractivity contribution in [2.75, 3.05) is 19.8 Å². The van der Waals surface area contributed by atoms with Crippen LogP contribution in [-0.2, 0) is 24.1 Å². The fraction of sp³-hybridized carbons (Fsp3) is 0.875. The van der Waals surface area contributed by atoms with Crippen molar-refractivity contribution >= 4 is 11.9 Å². The zero-order chi connectivity index (χ0) is 16.6. The number of carboxylic acids is 1. The number of hydrogen-bond acceptors (Lipinski definition) is 5. The molecule has 0 aromatic carbocycles. The number of ether oxygens (including phenoxy) is 1.